The van der Waals surface area contributed by atoms with Gasteiger partial charge < -0.3 is 5.32 Å². The van der Waals surface area contributed by atoms with Crippen LogP contribution in [0.2, 0.25) is 0 Å². The lowest BCUT2D eigenvalue weighted by molar-refractivity contribution is -0.115. The van der Waals surface area contributed by atoms with Crippen LogP contribution < -0.4 is 5.32 Å². The SMILES string of the molecule is O=C1Nc2ccccc2SC1Cc1ccccc1. The number of thioether (sulfide) groups is 1. The van der Waals surface area contributed by atoms with E-state index in [9.17, 15) is 4.79 Å². The Morgan fingerprint density at radius 1 is 1.00 bits per heavy atom. The molecule has 1 atom stereocenters. The lowest BCUT2D eigenvalue weighted by Gasteiger charge is -2.23. The highest BCUT2D eigenvalue weighted by molar-refractivity contribution is 8.01. The molecule has 0 aliphatic carbocycles. The number of para-hydroxylation sites is 1. The van der Waals surface area contributed by atoms with Gasteiger partial charge in [0.15, 0.2) is 0 Å². The van der Waals surface area contributed by atoms with Crippen molar-refractivity contribution in [1.29, 1.82) is 0 Å². The molecule has 1 heterocycles. The van der Waals surface area contributed by atoms with Gasteiger partial charge in [-0.15, -0.1) is 11.8 Å². The molecule has 1 unspecified atom stereocenters. The first-order valence-electron chi connectivity index (χ1n) is 5.93. The van der Waals surface area contributed by atoms with Crippen molar-refractivity contribution in [2.24, 2.45) is 0 Å². The first-order chi connectivity index (χ1) is 8.83. The average Bonchev–Trinajstić information content (AvgIpc) is 2.41. The predicted octanol–water partition coefficient (Wildman–Crippen LogP) is 3.34. The van der Waals surface area contributed by atoms with Gasteiger partial charge in [-0.05, 0) is 24.1 Å². The second-order valence-corrected chi connectivity index (χ2v) is 5.53. The molecule has 1 aliphatic rings. The van der Waals surface area contributed by atoms with E-state index in [0.29, 0.717) is 0 Å². The molecular formula is C15H13NOS. The van der Waals surface area contributed by atoms with Gasteiger partial charge in [0.2, 0.25) is 5.91 Å². The van der Waals surface area contributed by atoms with Gasteiger partial charge in [-0.2, -0.15) is 0 Å². The van der Waals surface area contributed by atoms with E-state index in [4.69, 9.17) is 0 Å². The van der Waals surface area contributed by atoms with Crippen LogP contribution in [-0.2, 0) is 11.2 Å². The molecule has 0 fully saturated rings. The number of hydrogen-bond donors (Lipinski definition) is 1. The first-order valence-corrected chi connectivity index (χ1v) is 6.81. The third-order valence-corrected chi connectivity index (χ3v) is 4.25. The molecule has 0 aromatic heterocycles. The normalized spacial score (nSPS) is 18.0. The first kappa shape index (κ1) is 11.4. The summed E-state index contributed by atoms with van der Waals surface area (Å²) in [6, 6.07) is 18.1. The Bertz CT molecular complexity index is 568. The maximum atomic E-state index is 12.0. The Kier molecular flexibility index (Phi) is 3.07. The highest BCUT2D eigenvalue weighted by Gasteiger charge is 2.26. The molecule has 1 N–H and O–H groups in total. The molecule has 18 heavy (non-hydrogen) atoms. The zero-order valence-electron chi connectivity index (χ0n) is 9.80. The number of fused-ring (bicyclic) bond motifs is 1. The van der Waals surface area contributed by atoms with Crippen molar-refractivity contribution in [1.82, 2.24) is 0 Å². The van der Waals surface area contributed by atoms with E-state index in [1.807, 2.05) is 36.4 Å². The number of anilines is 1. The Morgan fingerprint density at radius 3 is 2.56 bits per heavy atom. The summed E-state index contributed by atoms with van der Waals surface area (Å²) in [5.41, 5.74) is 2.13. The van der Waals surface area contributed by atoms with E-state index in [-0.39, 0.29) is 11.2 Å². The lowest BCUT2D eigenvalue weighted by atomic mass is 10.1. The van der Waals surface area contributed by atoms with Gasteiger partial charge in [-0.25, -0.2) is 0 Å². The Hall–Kier alpha value is -1.74. The van der Waals surface area contributed by atoms with Crippen LogP contribution in [0.1, 0.15) is 5.56 Å². The molecule has 2 nitrogen and oxygen atoms in total. The van der Waals surface area contributed by atoms with Crippen LogP contribution in [0.3, 0.4) is 0 Å². The number of hydrogen-bond acceptors (Lipinski definition) is 2. The second kappa shape index (κ2) is 4.86. The third-order valence-electron chi connectivity index (χ3n) is 2.97. The molecule has 3 rings (SSSR count). The minimum Gasteiger partial charge on any atom is -0.324 e. The fourth-order valence-corrected chi connectivity index (χ4v) is 3.21. The Morgan fingerprint density at radius 2 is 1.72 bits per heavy atom. The number of rotatable bonds is 2. The monoisotopic (exact) mass is 255 g/mol. The molecule has 0 saturated heterocycles. The van der Waals surface area contributed by atoms with Crippen LogP contribution in [0.5, 0.6) is 0 Å². The molecule has 90 valence electrons. The fourth-order valence-electron chi connectivity index (χ4n) is 2.06. The number of carbonyl (C=O) groups is 1. The third kappa shape index (κ3) is 2.27. The fraction of sp³-hybridized carbons (Fsp3) is 0.133. The molecule has 1 aliphatic heterocycles. The van der Waals surface area contributed by atoms with Crippen molar-refractivity contribution >= 4 is 23.4 Å². The van der Waals surface area contributed by atoms with E-state index < -0.39 is 0 Å². The summed E-state index contributed by atoms with van der Waals surface area (Å²) in [6.07, 6.45) is 0.770. The molecule has 2 aromatic carbocycles. The molecular weight excluding hydrogens is 242 g/mol. The van der Waals surface area contributed by atoms with Crippen molar-refractivity contribution < 1.29 is 4.79 Å². The minimum absolute atomic E-state index is 0.0395. The zero-order chi connectivity index (χ0) is 12.4. The second-order valence-electron chi connectivity index (χ2n) is 4.28. The van der Waals surface area contributed by atoms with E-state index in [1.165, 1.54) is 5.56 Å². The van der Waals surface area contributed by atoms with Gasteiger partial charge in [0.05, 0.1) is 10.9 Å². The molecule has 0 bridgehead atoms. The Balaban J connectivity index is 1.81. The van der Waals surface area contributed by atoms with E-state index >= 15 is 0 Å². The van der Waals surface area contributed by atoms with Gasteiger partial charge in [0.1, 0.15) is 0 Å². The van der Waals surface area contributed by atoms with Crippen molar-refractivity contribution in [3.63, 3.8) is 0 Å². The summed E-state index contributed by atoms with van der Waals surface area (Å²) >= 11 is 1.65. The van der Waals surface area contributed by atoms with E-state index in [2.05, 4.69) is 23.5 Å². The maximum Gasteiger partial charge on any atom is 0.238 e. The van der Waals surface area contributed by atoms with E-state index in [1.54, 1.807) is 11.8 Å². The van der Waals surface area contributed by atoms with Crippen LogP contribution in [0.15, 0.2) is 59.5 Å². The predicted molar refractivity (Wildman–Crippen MR) is 74.9 cm³/mol. The van der Waals surface area contributed by atoms with Crippen LogP contribution in [0, 0.1) is 0 Å². The molecule has 0 saturated carbocycles. The summed E-state index contributed by atoms with van der Waals surface area (Å²) < 4.78 is 0. The number of benzene rings is 2. The quantitative estimate of drug-likeness (QED) is 0.891. The minimum atomic E-state index is -0.0395. The van der Waals surface area contributed by atoms with Crippen LogP contribution in [0.25, 0.3) is 0 Å². The van der Waals surface area contributed by atoms with Gasteiger partial charge in [-0.1, -0.05) is 42.5 Å². The molecule has 0 spiro atoms. The summed E-state index contributed by atoms with van der Waals surface area (Å²) in [6.45, 7) is 0. The van der Waals surface area contributed by atoms with Crippen LogP contribution in [-0.4, -0.2) is 11.2 Å². The molecule has 2 aromatic rings. The van der Waals surface area contributed by atoms with E-state index in [0.717, 1.165) is 17.0 Å². The topological polar surface area (TPSA) is 29.1 Å². The zero-order valence-corrected chi connectivity index (χ0v) is 10.6. The average molecular weight is 255 g/mol. The van der Waals surface area contributed by atoms with Crippen molar-refractivity contribution in [2.75, 3.05) is 5.32 Å². The Labute approximate surface area is 110 Å². The standard InChI is InChI=1S/C15H13NOS/c17-15-14(10-11-6-2-1-3-7-11)18-13-9-5-4-8-12(13)16-15/h1-9,14H,10H2,(H,16,17). The highest BCUT2D eigenvalue weighted by Crippen LogP contribution is 2.36. The number of nitrogens with one attached hydrogen (secondary N) is 1. The summed E-state index contributed by atoms with van der Waals surface area (Å²) in [5, 5.41) is 2.93. The molecule has 0 radical (unpaired) electrons. The van der Waals surface area contributed by atoms with Crippen molar-refractivity contribution in [3.05, 3.63) is 60.2 Å². The van der Waals surface area contributed by atoms with Crippen LogP contribution >= 0.6 is 11.8 Å². The van der Waals surface area contributed by atoms with Crippen molar-refractivity contribution in [2.45, 2.75) is 16.6 Å². The number of carbonyl (C=O) groups excluding carboxylic acids is 1. The highest BCUT2D eigenvalue weighted by atomic mass is 32.2. The summed E-state index contributed by atoms with van der Waals surface area (Å²) in [4.78, 5) is 13.2. The summed E-state index contributed by atoms with van der Waals surface area (Å²) in [7, 11) is 0. The molecule has 1 amide bonds. The largest absolute Gasteiger partial charge is 0.324 e. The molecule has 3 heteroatoms. The van der Waals surface area contributed by atoms with Gasteiger partial charge in [0.25, 0.3) is 0 Å². The number of amides is 1. The van der Waals surface area contributed by atoms with Gasteiger partial charge >= 0.3 is 0 Å². The lowest BCUT2D eigenvalue weighted by Crippen LogP contribution is -2.30. The maximum absolute atomic E-state index is 12.0. The van der Waals surface area contributed by atoms with Gasteiger partial charge in [-0.3, -0.25) is 4.79 Å². The van der Waals surface area contributed by atoms with Gasteiger partial charge in [0, 0.05) is 4.90 Å². The van der Waals surface area contributed by atoms with Crippen LogP contribution in [0.4, 0.5) is 5.69 Å². The van der Waals surface area contributed by atoms with Crippen molar-refractivity contribution in [3.8, 4) is 0 Å². The summed E-state index contributed by atoms with van der Waals surface area (Å²) in [5.74, 6) is 0.0996. The smallest absolute Gasteiger partial charge is 0.238 e.